The Hall–Kier alpha value is -1.48. The molecule has 1 aliphatic heterocycles. The van der Waals surface area contributed by atoms with Crippen molar-refractivity contribution in [3.63, 3.8) is 0 Å². The van der Waals surface area contributed by atoms with E-state index in [0.717, 1.165) is 30.8 Å². The van der Waals surface area contributed by atoms with Crippen LogP contribution in [0.25, 0.3) is 0 Å². The predicted octanol–water partition coefficient (Wildman–Crippen LogP) is 4.13. The average molecular weight is 506 g/mol. The molecule has 0 bridgehead atoms. The summed E-state index contributed by atoms with van der Waals surface area (Å²) in [5.41, 5.74) is 1.36. The summed E-state index contributed by atoms with van der Waals surface area (Å²) in [6.45, 7) is 0. The van der Waals surface area contributed by atoms with Crippen LogP contribution < -0.4 is 0 Å². The van der Waals surface area contributed by atoms with Crippen molar-refractivity contribution >= 4 is 26.1 Å². The molecule has 1 fully saturated rings. The number of alkyl halides is 9. The van der Waals surface area contributed by atoms with Gasteiger partial charge in [-0.1, -0.05) is 30.3 Å². The van der Waals surface area contributed by atoms with Gasteiger partial charge in [-0.05, 0) is 5.56 Å². The van der Waals surface area contributed by atoms with E-state index >= 15 is 0 Å². The Morgan fingerprint density at radius 2 is 1.42 bits per heavy atom. The minimum absolute atomic E-state index is 0.0886. The number of hydrogen-bond acceptors (Lipinski definition) is 4. The van der Waals surface area contributed by atoms with Gasteiger partial charge in [0.1, 0.15) is 11.5 Å². The Bertz CT molecular complexity index is 856. The maximum Gasteiger partial charge on any atom is 0.460 e. The third-order valence-corrected chi connectivity index (χ3v) is 7.21. The second kappa shape index (κ2) is 9.57. The summed E-state index contributed by atoms with van der Waals surface area (Å²) in [6.07, 6.45) is -4.14. The Kier molecular flexibility index (Phi) is 8.50. The van der Waals surface area contributed by atoms with Crippen LogP contribution in [0.3, 0.4) is 0 Å². The molecule has 1 heterocycles. The van der Waals surface area contributed by atoms with E-state index in [2.05, 4.69) is 24.3 Å². The second-order valence-electron chi connectivity index (χ2n) is 6.23. The summed E-state index contributed by atoms with van der Waals surface area (Å²) in [4.78, 5) is 11.4. The molecule has 4 nitrogen and oxygen atoms in total. The van der Waals surface area contributed by atoms with Crippen molar-refractivity contribution in [3.8, 4) is 0 Å². The lowest BCUT2D eigenvalue weighted by Gasteiger charge is -2.34. The molecule has 0 spiro atoms. The first-order valence-electron chi connectivity index (χ1n) is 8.26. The second-order valence-corrected chi connectivity index (χ2v) is 9.91. The molecule has 1 unspecified atom stereocenters. The van der Waals surface area contributed by atoms with E-state index in [9.17, 15) is 57.3 Å². The summed E-state index contributed by atoms with van der Waals surface area (Å²) in [5, 5.41) is -6.60. The molecule has 1 atom stereocenters. The van der Waals surface area contributed by atoms with Gasteiger partial charge in [0.2, 0.25) is 0 Å². The highest BCUT2D eigenvalue weighted by molar-refractivity contribution is 8.11. The molecule has 1 aromatic carbocycles. The maximum atomic E-state index is 12.2. The molecule has 0 radical (unpaired) electrons. The van der Waals surface area contributed by atoms with Crippen LogP contribution in [-0.2, 0) is 32.2 Å². The van der Waals surface area contributed by atoms with E-state index in [-0.39, 0.29) is 10.9 Å². The molecule has 31 heavy (non-hydrogen) atoms. The Balaban J connectivity index is 0.000000314. The summed E-state index contributed by atoms with van der Waals surface area (Å²) in [6, 6.07) is 10.4. The van der Waals surface area contributed by atoms with E-state index in [1.165, 1.54) is 5.56 Å². The van der Waals surface area contributed by atoms with Crippen LogP contribution in [0.15, 0.2) is 30.3 Å². The quantitative estimate of drug-likeness (QED) is 0.331. The number of aryl methyl sites for hydroxylation is 1. The average Bonchev–Trinajstić information content (AvgIpc) is 3.04. The Morgan fingerprint density at radius 1 is 0.903 bits per heavy atom. The highest BCUT2D eigenvalue weighted by atomic mass is 32.2. The lowest BCUT2D eigenvalue weighted by Crippen LogP contribution is -2.63. The molecule has 1 aromatic rings. The van der Waals surface area contributed by atoms with Gasteiger partial charge in [0.05, 0.1) is 17.3 Å². The van der Waals surface area contributed by atoms with Gasteiger partial charge in [-0.2, -0.15) is 39.5 Å². The lowest BCUT2D eigenvalue weighted by molar-refractivity contribution is -0.382. The fourth-order valence-electron chi connectivity index (χ4n) is 2.27. The van der Waals surface area contributed by atoms with Crippen molar-refractivity contribution < 1.29 is 57.3 Å². The van der Waals surface area contributed by atoms with Crippen molar-refractivity contribution in [2.75, 3.05) is 11.5 Å². The Morgan fingerprint density at radius 3 is 1.81 bits per heavy atom. The van der Waals surface area contributed by atoms with Crippen molar-refractivity contribution in [2.24, 2.45) is 0 Å². The molecule has 0 aromatic heterocycles. The minimum Gasteiger partial charge on any atom is -0.743 e. The third kappa shape index (κ3) is 6.06. The molecule has 178 valence electrons. The van der Waals surface area contributed by atoms with Crippen LogP contribution in [0.4, 0.5) is 39.5 Å². The van der Waals surface area contributed by atoms with Crippen LogP contribution in [0.2, 0.25) is 0 Å². The van der Waals surface area contributed by atoms with Gasteiger partial charge in [0.15, 0.2) is 10.1 Å². The zero-order valence-corrected chi connectivity index (χ0v) is 16.9. The summed E-state index contributed by atoms with van der Waals surface area (Å²) in [7, 11) is -7.33. The topological polar surface area (TPSA) is 74.3 Å². The van der Waals surface area contributed by atoms with Gasteiger partial charge in [0.25, 0.3) is 0 Å². The SMILES string of the molecule is O=C1CCC[S+]1CCc1ccccc1.O=S(=O)([O-])C(F)(F)C(F)(F)C(F)(F)C(F)(F)F. The van der Waals surface area contributed by atoms with Crippen molar-refractivity contribution in [1.29, 1.82) is 0 Å². The van der Waals surface area contributed by atoms with Gasteiger partial charge in [-0.25, -0.2) is 13.2 Å². The zero-order chi connectivity index (χ0) is 24.3. The normalized spacial score (nSPS) is 18.5. The van der Waals surface area contributed by atoms with E-state index < -0.39 is 33.4 Å². The maximum absolute atomic E-state index is 12.2. The number of carbonyl (C=O) groups excluding carboxylic acids is 1. The van der Waals surface area contributed by atoms with Gasteiger partial charge in [0, 0.05) is 12.8 Å². The van der Waals surface area contributed by atoms with Crippen LogP contribution in [0, 0.1) is 0 Å². The van der Waals surface area contributed by atoms with Crippen LogP contribution >= 0.6 is 0 Å². The van der Waals surface area contributed by atoms with Gasteiger partial charge in [-0.3, -0.25) is 0 Å². The van der Waals surface area contributed by atoms with Gasteiger partial charge >= 0.3 is 28.4 Å². The van der Waals surface area contributed by atoms with Gasteiger partial charge < -0.3 is 4.55 Å². The molecule has 0 amide bonds. The molecular formula is C16H15F9O4S2. The minimum atomic E-state index is -7.43. The van der Waals surface area contributed by atoms with Gasteiger partial charge in [-0.15, -0.1) is 0 Å². The highest BCUT2D eigenvalue weighted by Gasteiger charge is 2.83. The highest BCUT2D eigenvalue weighted by Crippen LogP contribution is 2.54. The summed E-state index contributed by atoms with van der Waals surface area (Å²) >= 11 is 0. The van der Waals surface area contributed by atoms with Crippen molar-refractivity contribution in [1.82, 2.24) is 0 Å². The molecule has 15 heteroatoms. The summed E-state index contributed by atoms with van der Waals surface area (Å²) < 4.78 is 135. The predicted molar refractivity (Wildman–Crippen MR) is 92.1 cm³/mol. The number of rotatable bonds is 6. The molecular weight excluding hydrogens is 491 g/mol. The first-order chi connectivity index (χ1) is 13.9. The molecule has 0 saturated carbocycles. The van der Waals surface area contributed by atoms with Crippen molar-refractivity contribution in [3.05, 3.63) is 35.9 Å². The first-order valence-corrected chi connectivity index (χ1v) is 11.2. The number of carbonyl (C=O) groups is 1. The molecule has 0 aliphatic carbocycles. The van der Waals surface area contributed by atoms with Crippen LogP contribution in [-0.4, -0.2) is 52.9 Å². The van der Waals surface area contributed by atoms with E-state index in [0.29, 0.717) is 5.12 Å². The largest absolute Gasteiger partial charge is 0.743 e. The lowest BCUT2D eigenvalue weighted by atomic mass is 10.1. The van der Waals surface area contributed by atoms with E-state index in [1.807, 2.05) is 6.07 Å². The fraction of sp³-hybridized carbons (Fsp3) is 0.562. The van der Waals surface area contributed by atoms with E-state index in [1.54, 1.807) is 0 Å². The monoisotopic (exact) mass is 506 g/mol. The molecule has 2 rings (SSSR count). The molecule has 1 aliphatic rings. The first kappa shape index (κ1) is 27.6. The Labute approximate surface area is 173 Å². The third-order valence-electron chi connectivity index (χ3n) is 4.00. The standard InChI is InChI=1S/C12H15OS.C4HF9O3S/c13-12-7-4-9-14(12)10-8-11-5-2-1-3-6-11;5-1(6,3(9,10)11)2(7,8)4(12,13)17(14,15)16/h1-3,5-6H,4,7-10H2;(H,14,15,16)/q+1;/p-1. The number of hydrogen-bond donors (Lipinski definition) is 0. The summed E-state index contributed by atoms with van der Waals surface area (Å²) in [5.74, 6) is -12.6. The van der Waals surface area contributed by atoms with Crippen molar-refractivity contribution in [2.45, 2.75) is 42.5 Å². The molecule has 0 N–H and O–H groups in total. The van der Waals surface area contributed by atoms with Crippen LogP contribution in [0.5, 0.6) is 0 Å². The van der Waals surface area contributed by atoms with E-state index in [4.69, 9.17) is 0 Å². The smallest absolute Gasteiger partial charge is 0.460 e. The number of halogens is 9. The zero-order valence-electron chi connectivity index (χ0n) is 15.3. The number of benzene rings is 1. The molecule has 1 saturated heterocycles. The fourth-order valence-corrected chi connectivity index (χ4v) is 4.78. The van der Waals surface area contributed by atoms with Crippen LogP contribution in [0.1, 0.15) is 18.4 Å².